The zero-order valence-electron chi connectivity index (χ0n) is 8.53. The normalized spacial score (nSPS) is 10.6. The number of aromatic nitrogens is 3. The van der Waals surface area contributed by atoms with Crippen molar-refractivity contribution in [2.75, 3.05) is 5.73 Å². The Morgan fingerprint density at radius 3 is 2.60 bits per heavy atom. The van der Waals surface area contributed by atoms with Crippen LogP contribution < -0.4 is 5.73 Å². The Hall–Kier alpha value is -1.55. The van der Waals surface area contributed by atoms with Gasteiger partial charge < -0.3 is 5.73 Å². The predicted molar refractivity (Wildman–Crippen MR) is 60.3 cm³/mol. The molecular formula is C10H11ClN4. The highest BCUT2D eigenvalue weighted by Crippen LogP contribution is 2.21. The van der Waals surface area contributed by atoms with Gasteiger partial charge in [0.15, 0.2) is 5.82 Å². The van der Waals surface area contributed by atoms with Crippen LogP contribution in [0.15, 0.2) is 18.3 Å². The van der Waals surface area contributed by atoms with Gasteiger partial charge in [-0.3, -0.25) is 0 Å². The van der Waals surface area contributed by atoms with Crippen LogP contribution in [0.5, 0.6) is 0 Å². The molecule has 2 aromatic heterocycles. The van der Waals surface area contributed by atoms with Crippen LogP contribution in [0.1, 0.15) is 11.4 Å². The van der Waals surface area contributed by atoms with Gasteiger partial charge in [-0.1, -0.05) is 11.6 Å². The number of hydrogen-bond donors (Lipinski definition) is 1. The first-order chi connectivity index (χ1) is 7.08. The Labute approximate surface area is 92.7 Å². The lowest BCUT2D eigenvalue weighted by Crippen LogP contribution is -2.03. The minimum atomic E-state index is 0.501. The molecule has 2 aromatic rings. The smallest absolute Gasteiger partial charge is 0.172 e. The molecular weight excluding hydrogens is 212 g/mol. The number of nitrogens with two attached hydrogens (primary N) is 1. The van der Waals surface area contributed by atoms with Crippen LogP contribution >= 0.6 is 11.6 Å². The monoisotopic (exact) mass is 222 g/mol. The molecule has 0 amide bonds. The topological polar surface area (TPSA) is 56.7 Å². The molecule has 0 fully saturated rings. The van der Waals surface area contributed by atoms with Gasteiger partial charge in [0.05, 0.1) is 22.6 Å². The van der Waals surface area contributed by atoms with Gasteiger partial charge in [-0.05, 0) is 26.0 Å². The van der Waals surface area contributed by atoms with Gasteiger partial charge in [-0.15, -0.1) is 0 Å². The fourth-order valence-electron chi connectivity index (χ4n) is 1.44. The molecule has 0 aliphatic rings. The summed E-state index contributed by atoms with van der Waals surface area (Å²) in [5.41, 5.74) is 8.04. The van der Waals surface area contributed by atoms with E-state index in [1.807, 2.05) is 19.9 Å². The molecule has 0 radical (unpaired) electrons. The maximum atomic E-state index is 6.04. The van der Waals surface area contributed by atoms with Gasteiger partial charge in [-0.25, -0.2) is 9.67 Å². The lowest BCUT2D eigenvalue weighted by Gasteiger charge is -2.05. The summed E-state index contributed by atoms with van der Waals surface area (Å²) < 4.78 is 1.71. The van der Waals surface area contributed by atoms with Crippen molar-refractivity contribution in [1.29, 1.82) is 0 Å². The van der Waals surface area contributed by atoms with Crippen molar-refractivity contribution in [2.45, 2.75) is 13.8 Å². The second kappa shape index (κ2) is 3.55. The Morgan fingerprint density at radius 1 is 1.33 bits per heavy atom. The minimum Gasteiger partial charge on any atom is -0.397 e. The van der Waals surface area contributed by atoms with E-state index in [1.54, 1.807) is 16.9 Å². The van der Waals surface area contributed by atoms with Crippen LogP contribution in [-0.2, 0) is 0 Å². The number of aryl methyl sites for hydroxylation is 2. The van der Waals surface area contributed by atoms with Crippen LogP contribution in [0, 0.1) is 13.8 Å². The molecule has 0 saturated carbocycles. The van der Waals surface area contributed by atoms with E-state index in [2.05, 4.69) is 10.1 Å². The summed E-state index contributed by atoms with van der Waals surface area (Å²) in [7, 11) is 0. The molecule has 0 unspecified atom stereocenters. The molecule has 5 heteroatoms. The van der Waals surface area contributed by atoms with Crippen LogP contribution in [0.4, 0.5) is 5.69 Å². The summed E-state index contributed by atoms with van der Waals surface area (Å²) in [6.45, 7) is 3.88. The van der Waals surface area contributed by atoms with Gasteiger partial charge in [0, 0.05) is 5.69 Å². The molecule has 0 aliphatic carbocycles. The number of halogens is 1. The van der Waals surface area contributed by atoms with Crippen molar-refractivity contribution < 1.29 is 0 Å². The van der Waals surface area contributed by atoms with Gasteiger partial charge in [-0.2, -0.15) is 5.10 Å². The highest BCUT2D eigenvalue weighted by Gasteiger charge is 2.09. The van der Waals surface area contributed by atoms with Gasteiger partial charge in [0.1, 0.15) is 0 Å². The van der Waals surface area contributed by atoms with Crippen LogP contribution in [0.3, 0.4) is 0 Å². The lowest BCUT2D eigenvalue weighted by molar-refractivity contribution is 0.807. The van der Waals surface area contributed by atoms with Crippen molar-refractivity contribution in [3.05, 3.63) is 34.7 Å². The summed E-state index contributed by atoms with van der Waals surface area (Å²) in [4.78, 5) is 4.17. The Bertz CT molecular complexity index is 504. The summed E-state index contributed by atoms with van der Waals surface area (Å²) in [5.74, 6) is 0.608. The van der Waals surface area contributed by atoms with Crippen molar-refractivity contribution in [1.82, 2.24) is 14.8 Å². The van der Waals surface area contributed by atoms with E-state index in [-0.39, 0.29) is 0 Å². The molecule has 2 N–H and O–H groups in total. The van der Waals surface area contributed by atoms with E-state index in [0.717, 1.165) is 11.4 Å². The van der Waals surface area contributed by atoms with Crippen LogP contribution in [0.2, 0.25) is 5.02 Å². The third-order valence-corrected chi connectivity index (χ3v) is 2.33. The third-order valence-electron chi connectivity index (χ3n) is 2.05. The maximum absolute atomic E-state index is 6.04. The van der Waals surface area contributed by atoms with E-state index in [0.29, 0.717) is 16.5 Å². The minimum absolute atomic E-state index is 0.501. The number of rotatable bonds is 1. The Kier molecular flexibility index (Phi) is 2.36. The van der Waals surface area contributed by atoms with Gasteiger partial charge in [0.25, 0.3) is 0 Å². The van der Waals surface area contributed by atoms with Crippen molar-refractivity contribution in [3.63, 3.8) is 0 Å². The summed E-state index contributed by atoms with van der Waals surface area (Å²) >= 11 is 6.04. The first-order valence-electron chi connectivity index (χ1n) is 4.52. The fourth-order valence-corrected chi connectivity index (χ4v) is 1.70. The third kappa shape index (κ3) is 1.80. The van der Waals surface area contributed by atoms with Gasteiger partial charge in [0.2, 0.25) is 0 Å². The van der Waals surface area contributed by atoms with Crippen molar-refractivity contribution in [2.24, 2.45) is 0 Å². The van der Waals surface area contributed by atoms with E-state index in [4.69, 9.17) is 17.3 Å². The molecule has 2 heterocycles. The Balaban J connectivity index is 2.59. The van der Waals surface area contributed by atoms with Crippen LogP contribution in [0.25, 0.3) is 5.82 Å². The second-order valence-corrected chi connectivity index (χ2v) is 3.82. The predicted octanol–water partition coefficient (Wildman–Crippen LogP) is 2.12. The lowest BCUT2D eigenvalue weighted by atomic mass is 10.4. The Morgan fingerprint density at radius 2 is 2.07 bits per heavy atom. The summed E-state index contributed by atoms with van der Waals surface area (Å²) in [5, 5.41) is 4.80. The number of nitrogen functional groups attached to an aromatic ring is 1. The molecule has 0 aliphatic heterocycles. The molecule has 0 atom stereocenters. The SMILES string of the molecule is Cc1cc(C)n(-c2ncc(N)cc2Cl)n1. The highest BCUT2D eigenvalue weighted by molar-refractivity contribution is 6.32. The second-order valence-electron chi connectivity index (χ2n) is 3.41. The maximum Gasteiger partial charge on any atom is 0.172 e. The quantitative estimate of drug-likeness (QED) is 0.804. The van der Waals surface area contributed by atoms with Gasteiger partial charge >= 0.3 is 0 Å². The van der Waals surface area contributed by atoms with E-state index >= 15 is 0 Å². The number of hydrogen-bond acceptors (Lipinski definition) is 3. The molecule has 4 nitrogen and oxygen atoms in total. The average molecular weight is 223 g/mol. The first-order valence-corrected chi connectivity index (χ1v) is 4.90. The zero-order valence-corrected chi connectivity index (χ0v) is 9.28. The largest absolute Gasteiger partial charge is 0.397 e. The highest BCUT2D eigenvalue weighted by atomic mass is 35.5. The molecule has 2 rings (SSSR count). The molecule has 78 valence electrons. The summed E-state index contributed by atoms with van der Waals surface area (Å²) in [6, 6.07) is 3.63. The molecule has 0 saturated heterocycles. The first kappa shape index (κ1) is 9.98. The van der Waals surface area contributed by atoms with E-state index < -0.39 is 0 Å². The summed E-state index contributed by atoms with van der Waals surface area (Å²) in [6.07, 6.45) is 1.57. The van der Waals surface area contributed by atoms with E-state index in [9.17, 15) is 0 Å². The molecule has 0 spiro atoms. The van der Waals surface area contributed by atoms with E-state index in [1.165, 1.54) is 0 Å². The van der Waals surface area contributed by atoms with Crippen LogP contribution in [-0.4, -0.2) is 14.8 Å². The number of nitrogens with zero attached hydrogens (tertiary/aromatic N) is 3. The number of anilines is 1. The van der Waals surface area contributed by atoms with Crippen molar-refractivity contribution in [3.8, 4) is 5.82 Å². The average Bonchev–Trinajstić information content (AvgIpc) is 2.45. The zero-order chi connectivity index (χ0) is 11.0. The molecule has 15 heavy (non-hydrogen) atoms. The van der Waals surface area contributed by atoms with Crippen molar-refractivity contribution >= 4 is 17.3 Å². The molecule has 0 bridgehead atoms. The fraction of sp³-hybridized carbons (Fsp3) is 0.200. The standard InChI is InChI=1S/C10H11ClN4/c1-6-3-7(2)15(14-6)10-9(11)4-8(12)5-13-10/h3-5H,12H2,1-2H3. The number of pyridine rings is 1. The molecule has 0 aromatic carbocycles.